The summed E-state index contributed by atoms with van der Waals surface area (Å²) in [5, 5.41) is 16.1. The Morgan fingerprint density at radius 2 is 1.72 bits per heavy atom. The largest absolute Gasteiger partial charge is 0.464 e. The molecular formula is C33H35F3N6O4. The first-order valence-electron chi connectivity index (χ1n) is 14.9. The van der Waals surface area contributed by atoms with Crippen molar-refractivity contribution in [1.29, 1.82) is 5.26 Å². The summed E-state index contributed by atoms with van der Waals surface area (Å²) < 4.78 is 50.0. The molecule has 0 unspecified atom stereocenters. The minimum atomic E-state index is -4.68. The van der Waals surface area contributed by atoms with E-state index in [1.807, 2.05) is 19.9 Å². The summed E-state index contributed by atoms with van der Waals surface area (Å²) in [7, 11) is 1.43. The number of ether oxygens (including phenoxy) is 1. The van der Waals surface area contributed by atoms with E-state index in [9.17, 15) is 32.8 Å². The van der Waals surface area contributed by atoms with Crippen molar-refractivity contribution in [2.45, 2.75) is 58.7 Å². The number of benzene rings is 2. The molecular weight excluding hydrogens is 601 g/mol. The number of nitrogens with zero attached hydrogens (tertiary/aromatic N) is 5. The predicted molar refractivity (Wildman–Crippen MR) is 164 cm³/mol. The van der Waals surface area contributed by atoms with Gasteiger partial charge in [-0.15, -0.1) is 0 Å². The molecule has 2 aromatic carbocycles. The number of carbonyl (C=O) groups is 2. The highest BCUT2D eigenvalue weighted by molar-refractivity contribution is 6.01. The SMILES string of the molecule is CCCC(CCC)COC(=O)[C@H](C)NC(=O)c1c(-c2ccnn2-c2ccc(C#N)cc2)n(C)n(-c2cccc(C(F)(F)F)c2)c1=O. The van der Waals surface area contributed by atoms with Crippen LogP contribution in [0.15, 0.2) is 65.6 Å². The fourth-order valence-corrected chi connectivity index (χ4v) is 5.35. The van der Waals surface area contributed by atoms with E-state index in [0.29, 0.717) is 11.3 Å². The van der Waals surface area contributed by atoms with Crippen LogP contribution in [-0.4, -0.2) is 43.7 Å². The second kappa shape index (κ2) is 14.3. The Morgan fingerprint density at radius 3 is 2.33 bits per heavy atom. The standard InChI is InChI=1S/C33H35F3N6O4/c1-5-8-23(9-6-2)20-46-32(45)21(3)39-30(43)28-29(27-16-17-38-41(27)25-14-12-22(19-37)13-15-25)40(4)42(31(28)44)26-11-7-10-24(18-26)33(34,35)36/h7,10-18,21,23H,5-6,8-9,20H2,1-4H3,(H,39,43)/t21-/m0/s1. The number of esters is 1. The molecule has 0 saturated carbocycles. The highest BCUT2D eigenvalue weighted by atomic mass is 19.4. The summed E-state index contributed by atoms with van der Waals surface area (Å²) >= 11 is 0. The highest BCUT2D eigenvalue weighted by Crippen LogP contribution is 2.31. The smallest absolute Gasteiger partial charge is 0.416 e. The van der Waals surface area contributed by atoms with Gasteiger partial charge >= 0.3 is 12.1 Å². The lowest BCUT2D eigenvalue weighted by atomic mass is 9.99. The molecule has 13 heteroatoms. The maximum absolute atomic E-state index is 14.0. The van der Waals surface area contributed by atoms with E-state index in [-0.39, 0.29) is 29.6 Å². The average molecular weight is 637 g/mol. The molecule has 242 valence electrons. The number of nitrogens with one attached hydrogen (secondary N) is 1. The van der Waals surface area contributed by atoms with E-state index >= 15 is 0 Å². The topological polar surface area (TPSA) is 124 Å². The Balaban J connectivity index is 1.79. The number of aromatic nitrogens is 4. The normalized spacial score (nSPS) is 12.2. The van der Waals surface area contributed by atoms with Crippen LogP contribution in [-0.2, 0) is 22.8 Å². The molecule has 1 atom stereocenters. The van der Waals surface area contributed by atoms with Crippen molar-refractivity contribution in [1.82, 2.24) is 24.5 Å². The quantitative estimate of drug-likeness (QED) is 0.196. The first-order valence-corrected chi connectivity index (χ1v) is 14.9. The molecule has 0 aliphatic carbocycles. The van der Waals surface area contributed by atoms with Crippen LogP contribution in [0.25, 0.3) is 22.8 Å². The summed E-state index contributed by atoms with van der Waals surface area (Å²) in [4.78, 5) is 40.6. The molecule has 0 aliphatic rings. The third-order valence-electron chi connectivity index (χ3n) is 7.59. The van der Waals surface area contributed by atoms with E-state index in [1.165, 1.54) is 41.7 Å². The molecule has 4 rings (SSSR count). The van der Waals surface area contributed by atoms with Gasteiger partial charge in [0.05, 0.1) is 47.1 Å². The number of rotatable bonds is 12. The lowest BCUT2D eigenvalue weighted by molar-refractivity contribution is -0.147. The van der Waals surface area contributed by atoms with Gasteiger partial charge in [-0.05, 0) is 74.2 Å². The maximum atomic E-state index is 14.0. The molecule has 1 N–H and O–H groups in total. The van der Waals surface area contributed by atoms with Crippen molar-refractivity contribution < 1.29 is 27.5 Å². The van der Waals surface area contributed by atoms with Crippen LogP contribution in [0.4, 0.5) is 13.2 Å². The third kappa shape index (κ3) is 7.22. The molecule has 46 heavy (non-hydrogen) atoms. The number of hydrogen-bond donors (Lipinski definition) is 1. The van der Waals surface area contributed by atoms with Gasteiger partial charge in [-0.3, -0.25) is 14.3 Å². The number of hydrogen-bond acceptors (Lipinski definition) is 6. The van der Waals surface area contributed by atoms with Crippen LogP contribution in [0, 0.1) is 17.2 Å². The zero-order chi connectivity index (χ0) is 33.6. The molecule has 0 saturated heterocycles. The summed E-state index contributed by atoms with van der Waals surface area (Å²) in [6.45, 7) is 5.72. The second-order valence-corrected chi connectivity index (χ2v) is 11.0. The van der Waals surface area contributed by atoms with Gasteiger partial charge < -0.3 is 10.1 Å². The molecule has 4 aromatic rings. The summed E-state index contributed by atoms with van der Waals surface area (Å²) in [6, 6.07) is 13.0. The molecule has 0 aliphatic heterocycles. The van der Waals surface area contributed by atoms with Gasteiger partial charge in [0.15, 0.2) is 0 Å². The van der Waals surface area contributed by atoms with Gasteiger partial charge in [-0.2, -0.15) is 23.5 Å². The fraction of sp³-hybridized carbons (Fsp3) is 0.364. The third-order valence-corrected chi connectivity index (χ3v) is 7.59. The molecule has 10 nitrogen and oxygen atoms in total. The number of amides is 1. The zero-order valence-corrected chi connectivity index (χ0v) is 26.0. The Bertz CT molecular complexity index is 1790. The summed E-state index contributed by atoms with van der Waals surface area (Å²) in [5.74, 6) is -1.41. The van der Waals surface area contributed by atoms with E-state index in [4.69, 9.17) is 4.74 Å². The lowest BCUT2D eigenvalue weighted by Crippen LogP contribution is -2.41. The summed E-state index contributed by atoms with van der Waals surface area (Å²) in [5.41, 5.74) is -1.23. The molecule has 1 amide bonds. The predicted octanol–water partition coefficient (Wildman–Crippen LogP) is 5.80. The second-order valence-electron chi connectivity index (χ2n) is 11.0. The van der Waals surface area contributed by atoms with Crippen LogP contribution in [0.1, 0.15) is 67.9 Å². The van der Waals surface area contributed by atoms with Crippen molar-refractivity contribution in [3.05, 3.63) is 87.8 Å². The van der Waals surface area contributed by atoms with Gasteiger partial charge in [0.1, 0.15) is 17.3 Å². The van der Waals surface area contributed by atoms with Crippen LogP contribution >= 0.6 is 0 Å². The Hall–Kier alpha value is -5.12. The highest BCUT2D eigenvalue weighted by Gasteiger charge is 2.33. The Kier molecular flexibility index (Phi) is 10.5. The number of alkyl halides is 3. The van der Waals surface area contributed by atoms with Crippen LogP contribution in [0.5, 0.6) is 0 Å². The number of halogens is 3. The van der Waals surface area contributed by atoms with Gasteiger partial charge in [-0.1, -0.05) is 32.8 Å². The van der Waals surface area contributed by atoms with Crippen molar-refractivity contribution >= 4 is 11.9 Å². The van der Waals surface area contributed by atoms with Crippen LogP contribution in [0.3, 0.4) is 0 Å². The maximum Gasteiger partial charge on any atom is 0.416 e. The van der Waals surface area contributed by atoms with Gasteiger partial charge in [0.2, 0.25) is 0 Å². The first kappa shape index (κ1) is 33.8. The van der Waals surface area contributed by atoms with Crippen LogP contribution < -0.4 is 10.9 Å². The van der Waals surface area contributed by atoms with Crippen molar-refractivity contribution in [2.24, 2.45) is 13.0 Å². The average Bonchev–Trinajstić information content (AvgIpc) is 3.61. The molecule has 2 heterocycles. The molecule has 0 bridgehead atoms. The van der Waals surface area contributed by atoms with Gasteiger partial charge in [-0.25, -0.2) is 14.2 Å². The zero-order valence-electron chi connectivity index (χ0n) is 26.0. The van der Waals surface area contributed by atoms with Gasteiger partial charge in [0.25, 0.3) is 11.5 Å². The van der Waals surface area contributed by atoms with Crippen molar-refractivity contribution in [2.75, 3.05) is 6.61 Å². The Morgan fingerprint density at radius 1 is 1.04 bits per heavy atom. The van der Waals surface area contributed by atoms with E-state index < -0.39 is 40.8 Å². The van der Waals surface area contributed by atoms with Crippen molar-refractivity contribution in [3.63, 3.8) is 0 Å². The van der Waals surface area contributed by atoms with E-state index in [1.54, 1.807) is 30.3 Å². The van der Waals surface area contributed by atoms with E-state index in [0.717, 1.165) is 42.5 Å². The minimum absolute atomic E-state index is 0.0355. The monoisotopic (exact) mass is 636 g/mol. The molecule has 0 fully saturated rings. The number of nitriles is 1. The Labute approximate surface area is 264 Å². The first-order chi connectivity index (χ1) is 21.9. The summed E-state index contributed by atoms with van der Waals surface area (Å²) in [6.07, 6.45) is 0.398. The van der Waals surface area contributed by atoms with Crippen molar-refractivity contribution in [3.8, 4) is 28.8 Å². The molecule has 0 radical (unpaired) electrons. The lowest BCUT2D eigenvalue weighted by Gasteiger charge is -2.18. The van der Waals surface area contributed by atoms with Gasteiger partial charge in [0, 0.05) is 7.05 Å². The molecule has 0 spiro atoms. The van der Waals surface area contributed by atoms with E-state index in [2.05, 4.69) is 10.4 Å². The fourth-order valence-electron chi connectivity index (χ4n) is 5.35. The molecule has 2 aromatic heterocycles. The van der Waals surface area contributed by atoms with Crippen LogP contribution in [0.2, 0.25) is 0 Å². The number of carbonyl (C=O) groups excluding carboxylic acids is 2. The minimum Gasteiger partial charge on any atom is -0.464 e.